The maximum Gasteiger partial charge on any atom is 0.420 e. The third kappa shape index (κ3) is 4.00. The van der Waals surface area contributed by atoms with Crippen LogP contribution in [0.1, 0.15) is 5.56 Å². The molecule has 2 rings (SSSR count). The second-order valence-corrected chi connectivity index (χ2v) is 7.59. The summed E-state index contributed by atoms with van der Waals surface area (Å²) in [5.41, 5.74) is -1.18. The summed E-state index contributed by atoms with van der Waals surface area (Å²) in [5.74, 6) is -0.351. The summed E-state index contributed by atoms with van der Waals surface area (Å²) < 4.78 is 69.9. The van der Waals surface area contributed by atoms with Crippen molar-refractivity contribution in [2.24, 2.45) is 0 Å². The summed E-state index contributed by atoms with van der Waals surface area (Å²) in [4.78, 5) is -0.469. The highest BCUT2D eigenvalue weighted by molar-refractivity contribution is 7.89. The molecule has 0 saturated carbocycles. The number of hydrogen-bond acceptors (Lipinski definition) is 3. The summed E-state index contributed by atoms with van der Waals surface area (Å²) in [5, 5.41) is 0.408. The average molecular weight is 380 g/mol. The van der Waals surface area contributed by atoms with Crippen LogP contribution < -0.4 is 4.74 Å². The lowest BCUT2D eigenvalue weighted by Crippen LogP contribution is -2.22. The quantitative estimate of drug-likeness (QED) is 0.791. The number of hydrogen-bond donors (Lipinski definition) is 0. The molecule has 0 N–H and O–H groups in total. The zero-order valence-electron chi connectivity index (χ0n) is 12.6. The first-order valence-corrected chi connectivity index (χ1v) is 8.41. The third-order valence-electron chi connectivity index (χ3n) is 3.08. The lowest BCUT2D eigenvalue weighted by Gasteiger charge is -2.17. The molecule has 4 nitrogen and oxygen atoms in total. The molecule has 0 saturated heterocycles. The number of ether oxygens (including phenoxy) is 1. The molecule has 2 aromatic carbocycles. The molecule has 0 unspecified atom stereocenters. The molecule has 130 valence electrons. The number of alkyl halides is 3. The topological polar surface area (TPSA) is 46.6 Å². The van der Waals surface area contributed by atoms with E-state index in [1.54, 1.807) is 0 Å². The minimum Gasteiger partial charge on any atom is -0.457 e. The Hall–Kier alpha value is -1.77. The van der Waals surface area contributed by atoms with E-state index in [0.717, 1.165) is 16.4 Å². The first-order valence-electron chi connectivity index (χ1n) is 6.59. The van der Waals surface area contributed by atoms with Gasteiger partial charge in [-0.2, -0.15) is 13.2 Å². The average Bonchev–Trinajstić information content (AvgIpc) is 2.48. The van der Waals surface area contributed by atoms with Gasteiger partial charge in [0.1, 0.15) is 11.5 Å². The Morgan fingerprint density at radius 1 is 1.04 bits per heavy atom. The molecule has 0 aromatic heterocycles. The largest absolute Gasteiger partial charge is 0.457 e. The van der Waals surface area contributed by atoms with Crippen molar-refractivity contribution in [2.75, 3.05) is 14.1 Å². The standard InChI is InChI=1S/C15H13ClF3NO3S/c1-20(2)24(21,22)12-7-8-14(13(9-12)15(17,18)19)23-11-5-3-10(16)4-6-11/h3-9H,1-2H3. The number of halogens is 4. The van der Waals surface area contributed by atoms with Crippen LogP contribution in [0.25, 0.3) is 0 Å². The van der Waals surface area contributed by atoms with Gasteiger partial charge >= 0.3 is 6.18 Å². The molecule has 0 fully saturated rings. The molecule has 0 bridgehead atoms. The summed E-state index contributed by atoms with van der Waals surface area (Å²) >= 11 is 5.71. The van der Waals surface area contributed by atoms with Gasteiger partial charge in [-0.1, -0.05) is 11.6 Å². The normalized spacial score (nSPS) is 12.5. The predicted molar refractivity (Wildman–Crippen MR) is 83.8 cm³/mol. The van der Waals surface area contributed by atoms with E-state index in [1.165, 1.54) is 38.4 Å². The molecule has 9 heteroatoms. The van der Waals surface area contributed by atoms with Gasteiger partial charge in [0.25, 0.3) is 0 Å². The minimum absolute atomic E-state index is 0.146. The van der Waals surface area contributed by atoms with Gasteiger partial charge in [0, 0.05) is 19.1 Å². The molecular weight excluding hydrogens is 367 g/mol. The highest BCUT2D eigenvalue weighted by Crippen LogP contribution is 2.39. The van der Waals surface area contributed by atoms with Gasteiger partial charge in [-0.25, -0.2) is 12.7 Å². The van der Waals surface area contributed by atoms with Crippen molar-refractivity contribution in [1.82, 2.24) is 4.31 Å². The van der Waals surface area contributed by atoms with E-state index in [-0.39, 0.29) is 5.75 Å². The van der Waals surface area contributed by atoms with E-state index in [9.17, 15) is 21.6 Å². The van der Waals surface area contributed by atoms with Crippen LogP contribution in [-0.2, 0) is 16.2 Å². The summed E-state index contributed by atoms with van der Waals surface area (Å²) in [7, 11) is -1.52. The Morgan fingerprint density at radius 3 is 2.12 bits per heavy atom. The molecule has 0 aliphatic heterocycles. The first-order chi connectivity index (χ1) is 11.0. The van der Waals surface area contributed by atoms with E-state index < -0.39 is 32.4 Å². The molecule has 0 spiro atoms. The highest BCUT2D eigenvalue weighted by Gasteiger charge is 2.36. The van der Waals surface area contributed by atoms with E-state index in [0.29, 0.717) is 11.1 Å². The van der Waals surface area contributed by atoms with E-state index in [4.69, 9.17) is 16.3 Å². The van der Waals surface area contributed by atoms with Crippen molar-refractivity contribution < 1.29 is 26.3 Å². The molecule has 0 heterocycles. The minimum atomic E-state index is -4.78. The van der Waals surface area contributed by atoms with Crippen molar-refractivity contribution in [3.05, 3.63) is 53.1 Å². The monoisotopic (exact) mass is 379 g/mol. The zero-order valence-corrected chi connectivity index (χ0v) is 14.2. The van der Waals surface area contributed by atoms with E-state index in [1.807, 2.05) is 0 Å². The predicted octanol–water partition coefficient (Wildman–Crippen LogP) is 4.40. The molecule has 0 aliphatic carbocycles. The maximum atomic E-state index is 13.3. The lowest BCUT2D eigenvalue weighted by molar-refractivity contribution is -0.138. The van der Waals surface area contributed by atoms with Gasteiger partial charge in [0.2, 0.25) is 10.0 Å². The second kappa shape index (κ2) is 6.62. The van der Waals surface area contributed by atoms with Gasteiger partial charge in [-0.3, -0.25) is 0 Å². The number of nitrogens with zero attached hydrogens (tertiary/aromatic N) is 1. The molecule has 24 heavy (non-hydrogen) atoms. The van der Waals surface area contributed by atoms with Crippen LogP contribution in [0.15, 0.2) is 47.4 Å². The van der Waals surface area contributed by atoms with Crippen LogP contribution in [-0.4, -0.2) is 26.8 Å². The van der Waals surface area contributed by atoms with Gasteiger partial charge in [-0.05, 0) is 42.5 Å². The van der Waals surface area contributed by atoms with Crippen LogP contribution >= 0.6 is 11.6 Å². The van der Waals surface area contributed by atoms with Crippen LogP contribution in [0.3, 0.4) is 0 Å². The molecule has 0 aliphatic rings. The molecule has 0 atom stereocenters. The van der Waals surface area contributed by atoms with Gasteiger partial charge in [0.15, 0.2) is 0 Å². The highest BCUT2D eigenvalue weighted by atomic mass is 35.5. The molecule has 0 amide bonds. The van der Waals surface area contributed by atoms with Crippen LogP contribution in [0.2, 0.25) is 5.02 Å². The van der Waals surface area contributed by atoms with Gasteiger partial charge in [-0.15, -0.1) is 0 Å². The van der Waals surface area contributed by atoms with Crippen molar-refractivity contribution in [3.8, 4) is 11.5 Å². The molecule has 2 aromatic rings. The fraction of sp³-hybridized carbons (Fsp3) is 0.200. The summed E-state index contributed by atoms with van der Waals surface area (Å²) in [6.45, 7) is 0. The SMILES string of the molecule is CN(C)S(=O)(=O)c1ccc(Oc2ccc(Cl)cc2)c(C(F)(F)F)c1. The van der Waals surface area contributed by atoms with E-state index in [2.05, 4.69) is 0 Å². The molecular formula is C15H13ClF3NO3S. The fourth-order valence-corrected chi connectivity index (χ4v) is 2.87. The summed E-state index contributed by atoms with van der Waals surface area (Å²) in [6, 6.07) is 8.36. The van der Waals surface area contributed by atoms with Crippen molar-refractivity contribution in [1.29, 1.82) is 0 Å². The third-order valence-corrected chi connectivity index (χ3v) is 5.14. The fourth-order valence-electron chi connectivity index (χ4n) is 1.82. The van der Waals surface area contributed by atoms with Crippen LogP contribution in [0, 0.1) is 0 Å². The molecule has 0 radical (unpaired) electrons. The lowest BCUT2D eigenvalue weighted by atomic mass is 10.2. The number of benzene rings is 2. The Morgan fingerprint density at radius 2 is 1.62 bits per heavy atom. The second-order valence-electron chi connectivity index (χ2n) is 5.00. The van der Waals surface area contributed by atoms with E-state index >= 15 is 0 Å². The zero-order chi connectivity index (χ0) is 18.1. The van der Waals surface area contributed by atoms with Gasteiger partial charge < -0.3 is 4.74 Å². The number of rotatable bonds is 4. The van der Waals surface area contributed by atoms with Crippen LogP contribution in [0.4, 0.5) is 13.2 Å². The Bertz CT molecular complexity index is 834. The van der Waals surface area contributed by atoms with Crippen molar-refractivity contribution in [3.63, 3.8) is 0 Å². The Labute approximate surface area is 142 Å². The smallest absolute Gasteiger partial charge is 0.420 e. The van der Waals surface area contributed by atoms with Crippen molar-refractivity contribution in [2.45, 2.75) is 11.1 Å². The Balaban J connectivity index is 2.51. The van der Waals surface area contributed by atoms with Crippen LogP contribution in [0.5, 0.6) is 11.5 Å². The van der Waals surface area contributed by atoms with Gasteiger partial charge in [0.05, 0.1) is 10.5 Å². The summed E-state index contributed by atoms with van der Waals surface area (Å²) in [6.07, 6.45) is -4.78. The maximum absolute atomic E-state index is 13.3. The number of sulfonamides is 1. The Kier molecular flexibility index (Phi) is 5.12. The van der Waals surface area contributed by atoms with Crippen molar-refractivity contribution >= 4 is 21.6 Å². The first kappa shape index (κ1) is 18.6.